The first-order valence-electron chi connectivity index (χ1n) is 11.3. The summed E-state index contributed by atoms with van der Waals surface area (Å²) in [4.78, 5) is 29.4. The van der Waals surface area contributed by atoms with Gasteiger partial charge < -0.3 is 10.2 Å². The number of fused-ring (bicyclic) bond motifs is 1. The molecule has 0 bridgehead atoms. The van der Waals surface area contributed by atoms with Crippen molar-refractivity contribution < 1.29 is 14.0 Å². The minimum atomic E-state index is -0.324. The number of halogens is 1. The number of hydrogen-bond acceptors (Lipinski definition) is 3. The summed E-state index contributed by atoms with van der Waals surface area (Å²) in [6, 6.07) is 21.3. The Hall–Kier alpha value is -3.38. The third-order valence-electron chi connectivity index (χ3n) is 5.55. The number of nitrogens with zero attached hydrogens (tertiary/aromatic N) is 1. The van der Waals surface area contributed by atoms with E-state index in [4.69, 9.17) is 0 Å². The summed E-state index contributed by atoms with van der Waals surface area (Å²) in [5.74, 6) is -0.134. The number of benzene rings is 3. The van der Waals surface area contributed by atoms with E-state index < -0.39 is 0 Å². The summed E-state index contributed by atoms with van der Waals surface area (Å²) in [5.41, 5.74) is 2.93. The molecule has 0 saturated heterocycles. The van der Waals surface area contributed by atoms with E-state index in [1.807, 2.05) is 42.5 Å². The average molecular weight is 475 g/mol. The molecule has 1 N–H and O–H groups in total. The lowest BCUT2D eigenvalue weighted by molar-refractivity contribution is -0.114. The van der Waals surface area contributed by atoms with E-state index in [9.17, 15) is 14.0 Å². The first-order chi connectivity index (χ1) is 16.4. The first kappa shape index (κ1) is 23.8. The van der Waals surface area contributed by atoms with Crippen molar-refractivity contribution in [2.24, 2.45) is 5.92 Å². The third kappa shape index (κ3) is 5.75. The Morgan fingerprint density at radius 2 is 1.79 bits per heavy atom. The molecule has 4 rings (SSSR count). The Morgan fingerprint density at radius 1 is 1.06 bits per heavy atom. The zero-order chi connectivity index (χ0) is 24.1. The zero-order valence-electron chi connectivity index (χ0n) is 19.3. The van der Waals surface area contributed by atoms with Gasteiger partial charge in [0.25, 0.3) is 11.8 Å². The van der Waals surface area contributed by atoms with Gasteiger partial charge in [0.2, 0.25) is 0 Å². The second-order valence-corrected chi connectivity index (χ2v) is 9.74. The van der Waals surface area contributed by atoms with Crippen LogP contribution in [0.2, 0.25) is 0 Å². The van der Waals surface area contributed by atoms with Crippen LogP contribution in [-0.4, -0.2) is 18.4 Å². The molecule has 34 heavy (non-hydrogen) atoms. The van der Waals surface area contributed by atoms with Gasteiger partial charge in [-0.15, -0.1) is 0 Å². The number of carbonyl (C=O) groups excluding carboxylic acids is 2. The lowest BCUT2D eigenvalue weighted by atomic mass is 10.1. The van der Waals surface area contributed by atoms with Gasteiger partial charge in [0.05, 0.1) is 17.1 Å². The van der Waals surface area contributed by atoms with E-state index in [-0.39, 0.29) is 24.2 Å². The molecule has 1 heterocycles. The maximum absolute atomic E-state index is 13.6. The fraction of sp³-hybridized carbons (Fsp3) is 0.214. The highest BCUT2D eigenvalue weighted by atomic mass is 32.2. The van der Waals surface area contributed by atoms with Crippen molar-refractivity contribution in [2.75, 3.05) is 11.4 Å². The van der Waals surface area contributed by atoms with Crippen molar-refractivity contribution in [2.45, 2.75) is 31.7 Å². The molecule has 0 unspecified atom stereocenters. The molecule has 0 aliphatic carbocycles. The highest BCUT2D eigenvalue weighted by Gasteiger charge is 2.30. The van der Waals surface area contributed by atoms with Crippen LogP contribution in [0.25, 0.3) is 6.08 Å². The van der Waals surface area contributed by atoms with Crippen LogP contribution in [0.1, 0.15) is 41.8 Å². The van der Waals surface area contributed by atoms with Crippen molar-refractivity contribution >= 4 is 35.3 Å². The number of nitrogens with one attached hydrogen (secondary N) is 1. The molecule has 4 nitrogen and oxygen atoms in total. The monoisotopic (exact) mass is 474 g/mol. The lowest BCUT2D eigenvalue weighted by Gasteiger charge is -2.31. The van der Waals surface area contributed by atoms with E-state index >= 15 is 0 Å². The Kier molecular flexibility index (Phi) is 7.48. The van der Waals surface area contributed by atoms with Gasteiger partial charge in [-0.2, -0.15) is 0 Å². The standard InChI is InChI=1S/C28H27FN2O2S/c1-19(2)14-15-30-27(32)22-10-13-25-24(17-22)31(18-21-8-11-23(29)12-9-21)28(33)26(34-25)16-20-6-4-3-5-7-20/h3-13,16-17,19H,14-15,18H2,1-2H3,(H,30,32). The largest absolute Gasteiger partial charge is 0.352 e. The van der Waals surface area contributed by atoms with Crippen molar-refractivity contribution in [3.63, 3.8) is 0 Å². The summed E-state index contributed by atoms with van der Waals surface area (Å²) in [6.45, 7) is 5.10. The number of rotatable bonds is 7. The molecule has 1 aliphatic rings. The number of amides is 2. The molecule has 174 valence electrons. The molecule has 0 saturated carbocycles. The molecule has 1 aliphatic heterocycles. The summed E-state index contributed by atoms with van der Waals surface area (Å²) in [6.07, 6.45) is 2.77. The highest BCUT2D eigenvalue weighted by molar-refractivity contribution is 8.04. The van der Waals surface area contributed by atoms with Crippen LogP contribution < -0.4 is 10.2 Å². The van der Waals surface area contributed by atoms with Gasteiger partial charge in [-0.3, -0.25) is 9.59 Å². The minimum absolute atomic E-state index is 0.150. The van der Waals surface area contributed by atoms with Crippen LogP contribution in [0.3, 0.4) is 0 Å². The number of carbonyl (C=O) groups is 2. The highest BCUT2D eigenvalue weighted by Crippen LogP contribution is 2.43. The molecule has 0 aromatic heterocycles. The van der Waals surface area contributed by atoms with Crippen LogP contribution in [0.4, 0.5) is 10.1 Å². The molecule has 2 amide bonds. The molecule has 3 aromatic rings. The van der Waals surface area contributed by atoms with E-state index in [2.05, 4.69) is 19.2 Å². The van der Waals surface area contributed by atoms with E-state index in [0.29, 0.717) is 28.6 Å². The van der Waals surface area contributed by atoms with Gasteiger partial charge in [0.15, 0.2) is 0 Å². The van der Waals surface area contributed by atoms with E-state index in [0.717, 1.165) is 22.4 Å². The van der Waals surface area contributed by atoms with E-state index in [1.165, 1.54) is 23.9 Å². The first-order valence-corrected chi connectivity index (χ1v) is 12.2. The van der Waals surface area contributed by atoms with Crippen LogP contribution >= 0.6 is 11.8 Å². The summed E-state index contributed by atoms with van der Waals surface area (Å²) < 4.78 is 13.4. The number of hydrogen-bond donors (Lipinski definition) is 1. The molecule has 0 spiro atoms. The molecule has 0 fully saturated rings. The maximum Gasteiger partial charge on any atom is 0.265 e. The van der Waals surface area contributed by atoms with Crippen LogP contribution in [-0.2, 0) is 11.3 Å². The fourth-order valence-corrected chi connectivity index (χ4v) is 4.70. The molecular weight excluding hydrogens is 447 g/mol. The second-order valence-electron chi connectivity index (χ2n) is 8.66. The van der Waals surface area contributed by atoms with Gasteiger partial charge in [-0.1, -0.05) is 68.1 Å². The predicted octanol–water partition coefficient (Wildman–Crippen LogP) is 6.28. The summed E-state index contributed by atoms with van der Waals surface area (Å²) in [5, 5.41) is 2.96. The van der Waals surface area contributed by atoms with Crippen molar-refractivity contribution in [1.82, 2.24) is 5.32 Å². The Bertz CT molecular complexity index is 1210. The van der Waals surface area contributed by atoms with Crippen molar-refractivity contribution in [1.29, 1.82) is 0 Å². The Labute approximate surface area is 203 Å². The third-order valence-corrected chi connectivity index (χ3v) is 6.62. The quantitative estimate of drug-likeness (QED) is 0.410. The molecule has 6 heteroatoms. The second kappa shape index (κ2) is 10.7. The van der Waals surface area contributed by atoms with Crippen molar-refractivity contribution in [3.05, 3.63) is 100 Å². The van der Waals surface area contributed by atoms with Crippen LogP contribution in [0.15, 0.2) is 82.6 Å². The van der Waals surface area contributed by atoms with Gasteiger partial charge >= 0.3 is 0 Å². The molecule has 3 aromatic carbocycles. The van der Waals surface area contributed by atoms with Gasteiger partial charge in [0, 0.05) is 17.0 Å². The van der Waals surface area contributed by atoms with Gasteiger partial charge in [0.1, 0.15) is 5.82 Å². The SMILES string of the molecule is CC(C)CCNC(=O)c1ccc2c(c1)N(Cc1ccc(F)cc1)C(=O)C(=Cc1ccccc1)S2. The lowest BCUT2D eigenvalue weighted by Crippen LogP contribution is -2.34. The minimum Gasteiger partial charge on any atom is -0.352 e. The molecular formula is C28H27FN2O2S. The van der Waals surface area contributed by atoms with Crippen LogP contribution in [0, 0.1) is 11.7 Å². The van der Waals surface area contributed by atoms with Crippen molar-refractivity contribution in [3.8, 4) is 0 Å². The predicted molar refractivity (Wildman–Crippen MR) is 136 cm³/mol. The molecule has 0 atom stereocenters. The zero-order valence-corrected chi connectivity index (χ0v) is 20.1. The smallest absolute Gasteiger partial charge is 0.265 e. The number of anilines is 1. The topological polar surface area (TPSA) is 49.4 Å². The van der Waals surface area contributed by atoms with E-state index in [1.54, 1.807) is 29.2 Å². The summed E-state index contributed by atoms with van der Waals surface area (Å²) in [7, 11) is 0. The average Bonchev–Trinajstić information content (AvgIpc) is 2.83. The maximum atomic E-state index is 13.6. The van der Waals surface area contributed by atoms with Gasteiger partial charge in [-0.05, 0) is 59.9 Å². The number of thioether (sulfide) groups is 1. The van der Waals surface area contributed by atoms with Gasteiger partial charge in [-0.25, -0.2) is 4.39 Å². The molecule has 0 radical (unpaired) electrons. The fourth-order valence-electron chi connectivity index (χ4n) is 3.66. The Balaban J connectivity index is 1.68. The van der Waals surface area contributed by atoms with Crippen LogP contribution in [0.5, 0.6) is 0 Å². The summed E-state index contributed by atoms with van der Waals surface area (Å²) >= 11 is 1.40. The normalized spacial score (nSPS) is 14.4. The Morgan fingerprint density at radius 3 is 2.50 bits per heavy atom.